The number of hydrogen-bond donors (Lipinski definition) is 1. The van der Waals surface area contributed by atoms with Crippen molar-refractivity contribution in [3.05, 3.63) is 23.5 Å². The van der Waals surface area contributed by atoms with Gasteiger partial charge in [-0.25, -0.2) is 23.2 Å². The van der Waals surface area contributed by atoms with E-state index in [9.17, 15) is 18.4 Å². The number of benzene rings is 1. The van der Waals surface area contributed by atoms with E-state index in [0.29, 0.717) is 11.9 Å². The largest absolute Gasteiger partial charge is 0.329 e. The van der Waals surface area contributed by atoms with E-state index < -0.39 is 36.7 Å². The summed E-state index contributed by atoms with van der Waals surface area (Å²) in [6.07, 6.45) is 0.481. The topological polar surface area (TPSA) is 91.0 Å². The maximum atomic E-state index is 15.0. The quantitative estimate of drug-likeness (QED) is 0.594. The van der Waals surface area contributed by atoms with Crippen molar-refractivity contribution in [1.29, 1.82) is 5.26 Å². The molecule has 1 N–H and O–H groups in total. The Hall–Kier alpha value is -3.03. The maximum Gasteiger partial charge on any atom is 0.329 e. The van der Waals surface area contributed by atoms with Gasteiger partial charge in [-0.05, 0) is 30.5 Å². The highest BCUT2D eigenvalue weighted by molar-refractivity contribution is 6.67. The predicted molar refractivity (Wildman–Crippen MR) is 106 cm³/mol. The third kappa shape index (κ3) is 3.86. The van der Waals surface area contributed by atoms with Crippen LogP contribution in [-0.4, -0.2) is 41.4 Å². The van der Waals surface area contributed by atoms with E-state index in [0.717, 1.165) is 6.07 Å². The summed E-state index contributed by atoms with van der Waals surface area (Å²) in [4.78, 5) is 24.1. The number of amides is 3. The molecule has 2 aromatic rings. The van der Waals surface area contributed by atoms with Crippen LogP contribution in [0, 0.1) is 17.0 Å². The number of fused-ring (bicyclic) bond motifs is 1. The maximum absolute atomic E-state index is 15.0. The lowest BCUT2D eigenvalue weighted by Gasteiger charge is -2.33. The summed E-state index contributed by atoms with van der Waals surface area (Å²) in [5.74, 6) is -3.34. The second-order valence-electron chi connectivity index (χ2n) is 7.48. The molecule has 1 atom stereocenters. The third-order valence-electron chi connectivity index (χ3n) is 5.47. The number of nitrogens with zero attached hydrogens (tertiary/aromatic N) is 4. The molecule has 11 heteroatoms. The molecule has 2 heterocycles. The van der Waals surface area contributed by atoms with Crippen molar-refractivity contribution in [3.63, 3.8) is 0 Å². The summed E-state index contributed by atoms with van der Waals surface area (Å²) in [6, 6.07) is 1.74. The van der Waals surface area contributed by atoms with Crippen molar-refractivity contribution >= 4 is 35.9 Å². The molecule has 3 amide bonds. The lowest BCUT2D eigenvalue weighted by Crippen LogP contribution is -2.40. The standard InChI is InChI=1S/C19H21BF3N5O2/c1-3-6-28(18(30)25-11-29)17-13-7-15(21)12(8-16(13)27(2)26-17)14-4-5-20(10-24)9-19(14,22)23/h7-8,11,14H,3-6,9H2,1-2H3,(H,25,29,30). The van der Waals surface area contributed by atoms with Gasteiger partial charge in [-0.1, -0.05) is 13.2 Å². The van der Waals surface area contributed by atoms with Gasteiger partial charge in [0.25, 0.3) is 6.71 Å². The van der Waals surface area contributed by atoms with Gasteiger partial charge in [-0.15, -0.1) is 0 Å². The molecule has 0 aliphatic carbocycles. The van der Waals surface area contributed by atoms with Crippen molar-refractivity contribution in [2.45, 2.75) is 44.2 Å². The van der Waals surface area contributed by atoms with Crippen molar-refractivity contribution in [1.82, 2.24) is 15.1 Å². The molecule has 0 radical (unpaired) electrons. The van der Waals surface area contributed by atoms with E-state index in [1.165, 1.54) is 15.6 Å². The van der Waals surface area contributed by atoms with E-state index in [1.54, 1.807) is 7.05 Å². The summed E-state index contributed by atoms with van der Waals surface area (Å²) < 4.78 is 45.7. The third-order valence-corrected chi connectivity index (χ3v) is 5.47. The number of nitrogens with one attached hydrogen (secondary N) is 1. The average molecular weight is 419 g/mol. The van der Waals surface area contributed by atoms with Crippen LogP contribution < -0.4 is 10.2 Å². The number of urea groups is 1. The number of rotatable bonds is 5. The number of anilines is 1. The molecule has 7 nitrogen and oxygen atoms in total. The van der Waals surface area contributed by atoms with Gasteiger partial charge < -0.3 is 0 Å². The lowest BCUT2D eigenvalue weighted by atomic mass is 9.40. The number of nitriles is 1. The van der Waals surface area contributed by atoms with Crippen LogP contribution in [0.1, 0.15) is 31.2 Å². The number of carbonyl (C=O) groups excluding carboxylic acids is 2. The first kappa shape index (κ1) is 21.7. The molecule has 1 aromatic carbocycles. The van der Waals surface area contributed by atoms with Gasteiger partial charge >= 0.3 is 6.03 Å². The molecule has 0 spiro atoms. The van der Waals surface area contributed by atoms with Crippen LogP contribution in [0.3, 0.4) is 0 Å². The summed E-state index contributed by atoms with van der Waals surface area (Å²) in [6.45, 7) is 1.31. The number of carbonyl (C=O) groups is 2. The molecule has 1 aromatic heterocycles. The highest BCUT2D eigenvalue weighted by Crippen LogP contribution is 2.47. The smallest absolute Gasteiger partial charge is 0.280 e. The summed E-state index contributed by atoms with van der Waals surface area (Å²) >= 11 is 0. The van der Waals surface area contributed by atoms with Crippen LogP contribution in [0.2, 0.25) is 12.6 Å². The number of alkyl halides is 2. The number of halogens is 3. The number of aryl methyl sites for hydroxylation is 1. The molecule has 3 rings (SSSR count). The first-order valence-electron chi connectivity index (χ1n) is 9.68. The van der Waals surface area contributed by atoms with Crippen molar-refractivity contribution in [3.8, 4) is 5.97 Å². The Kier molecular flexibility index (Phi) is 6.05. The van der Waals surface area contributed by atoms with Crippen molar-refractivity contribution in [2.75, 3.05) is 11.4 Å². The Morgan fingerprint density at radius 2 is 2.27 bits per heavy atom. The number of imide groups is 1. The molecule has 1 unspecified atom stereocenters. The summed E-state index contributed by atoms with van der Waals surface area (Å²) in [5, 5.41) is 15.6. The molecular weight excluding hydrogens is 398 g/mol. The summed E-state index contributed by atoms with van der Waals surface area (Å²) in [5.41, 5.74) is 0.262. The zero-order valence-corrected chi connectivity index (χ0v) is 16.7. The molecule has 158 valence electrons. The van der Waals surface area contributed by atoms with E-state index >= 15 is 4.39 Å². The monoisotopic (exact) mass is 419 g/mol. The van der Waals surface area contributed by atoms with E-state index in [4.69, 9.17) is 5.26 Å². The first-order chi connectivity index (χ1) is 14.2. The minimum Gasteiger partial charge on any atom is -0.280 e. The SMILES string of the molecule is CCCN(C(=O)NC=O)c1nn(C)c2cc(C3CCB(C#N)CC3(F)F)c(F)cc12. The molecular formula is C19H21BF3N5O2. The van der Waals surface area contributed by atoms with E-state index in [1.807, 2.05) is 18.2 Å². The fourth-order valence-electron chi connectivity index (χ4n) is 4.04. The van der Waals surface area contributed by atoms with Crippen LogP contribution in [-0.2, 0) is 11.8 Å². The van der Waals surface area contributed by atoms with E-state index in [-0.39, 0.29) is 42.5 Å². The van der Waals surface area contributed by atoms with Crippen LogP contribution in [0.15, 0.2) is 12.1 Å². The van der Waals surface area contributed by atoms with Crippen LogP contribution in [0.5, 0.6) is 0 Å². The van der Waals surface area contributed by atoms with Gasteiger partial charge in [0.2, 0.25) is 12.3 Å². The molecule has 1 aliphatic rings. The van der Waals surface area contributed by atoms with Crippen LogP contribution in [0.25, 0.3) is 10.9 Å². The Morgan fingerprint density at radius 3 is 2.87 bits per heavy atom. The Labute approximate surface area is 171 Å². The Balaban J connectivity index is 2.07. The molecule has 0 saturated carbocycles. The van der Waals surface area contributed by atoms with Crippen molar-refractivity contribution in [2.24, 2.45) is 7.05 Å². The molecule has 1 aliphatic heterocycles. The zero-order valence-electron chi connectivity index (χ0n) is 16.7. The van der Waals surface area contributed by atoms with Crippen LogP contribution >= 0.6 is 0 Å². The fourth-order valence-corrected chi connectivity index (χ4v) is 4.04. The normalized spacial score (nSPS) is 18.1. The van der Waals surface area contributed by atoms with Gasteiger partial charge in [-0.2, -0.15) is 5.10 Å². The van der Waals surface area contributed by atoms with Crippen molar-refractivity contribution < 1.29 is 22.8 Å². The second-order valence-corrected chi connectivity index (χ2v) is 7.48. The summed E-state index contributed by atoms with van der Waals surface area (Å²) in [7, 11) is 1.57. The lowest BCUT2D eigenvalue weighted by molar-refractivity contribution is -0.108. The average Bonchev–Trinajstić information content (AvgIpc) is 3.00. The fraction of sp³-hybridized carbons (Fsp3) is 0.474. The van der Waals surface area contributed by atoms with Gasteiger partial charge in [0.1, 0.15) is 5.82 Å². The minimum atomic E-state index is -3.20. The number of hydrogen-bond acceptors (Lipinski definition) is 4. The van der Waals surface area contributed by atoms with Gasteiger partial charge in [0.05, 0.1) is 5.52 Å². The minimum absolute atomic E-state index is 0.00205. The molecule has 1 fully saturated rings. The van der Waals surface area contributed by atoms with Gasteiger partial charge in [-0.3, -0.25) is 19.7 Å². The highest BCUT2D eigenvalue weighted by Gasteiger charge is 2.48. The predicted octanol–water partition coefficient (Wildman–Crippen LogP) is 3.47. The van der Waals surface area contributed by atoms with E-state index in [2.05, 4.69) is 5.10 Å². The zero-order chi connectivity index (χ0) is 22.1. The number of aromatic nitrogens is 2. The van der Waals surface area contributed by atoms with Gasteiger partial charge in [0.15, 0.2) is 5.82 Å². The second kappa shape index (κ2) is 8.38. The van der Waals surface area contributed by atoms with Gasteiger partial charge in [0, 0.05) is 37.2 Å². The first-order valence-corrected chi connectivity index (χ1v) is 9.68. The molecule has 0 bridgehead atoms. The Bertz CT molecular complexity index is 1020. The Morgan fingerprint density at radius 1 is 1.53 bits per heavy atom. The molecule has 30 heavy (non-hydrogen) atoms. The highest BCUT2D eigenvalue weighted by atomic mass is 19.3. The molecule has 1 saturated heterocycles. The van der Waals surface area contributed by atoms with Crippen LogP contribution in [0.4, 0.5) is 23.8 Å².